The van der Waals surface area contributed by atoms with Crippen molar-refractivity contribution >= 4 is 51.2 Å². The van der Waals surface area contributed by atoms with Crippen LogP contribution in [0.5, 0.6) is 0 Å². The quantitative estimate of drug-likeness (QED) is 0.167. The molecule has 2 amide bonds. The molecular weight excluding hydrogens is 568 g/mol. The van der Waals surface area contributed by atoms with Gasteiger partial charge < -0.3 is 19.6 Å². The van der Waals surface area contributed by atoms with Crippen LogP contribution in [0.25, 0.3) is 0 Å². The number of halogens is 1. The van der Waals surface area contributed by atoms with E-state index in [1.165, 1.54) is 0 Å². The highest BCUT2D eigenvalue weighted by atomic mass is 79.9. The Hall–Kier alpha value is -2.10. The Labute approximate surface area is 237 Å². The second kappa shape index (κ2) is 12.0. The van der Waals surface area contributed by atoms with Crippen LogP contribution in [0.2, 0.25) is 0 Å². The van der Waals surface area contributed by atoms with Crippen molar-refractivity contribution in [3.8, 4) is 0 Å². The summed E-state index contributed by atoms with van der Waals surface area (Å²) >= 11 is 5.37. The van der Waals surface area contributed by atoms with Crippen LogP contribution >= 0.6 is 27.7 Å². The number of hydrogen-bond acceptors (Lipinski definition) is 6. The Morgan fingerprint density at radius 3 is 2.61 bits per heavy atom. The van der Waals surface area contributed by atoms with E-state index in [0.29, 0.717) is 25.8 Å². The van der Waals surface area contributed by atoms with Crippen molar-refractivity contribution in [1.29, 1.82) is 0 Å². The van der Waals surface area contributed by atoms with Crippen molar-refractivity contribution in [1.82, 2.24) is 4.90 Å². The number of aryl methyl sites for hydroxylation is 2. The van der Waals surface area contributed by atoms with Gasteiger partial charge in [0.25, 0.3) is 5.91 Å². The first kappa shape index (κ1) is 28.9. The lowest BCUT2D eigenvalue weighted by molar-refractivity contribution is -0.154. The van der Waals surface area contributed by atoms with E-state index in [1.54, 1.807) is 33.7 Å². The highest BCUT2D eigenvalue weighted by Gasteiger charge is 2.76. The van der Waals surface area contributed by atoms with Gasteiger partial charge in [0.2, 0.25) is 5.91 Å². The van der Waals surface area contributed by atoms with Gasteiger partial charge >= 0.3 is 5.97 Å². The number of unbranched alkanes of at least 4 members (excludes halogenated alkanes) is 1. The second-order valence-corrected chi connectivity index (χ2v) is 13.1. The highest BCUT2D eigenvalue weighted by molar-refractivity contribution is 9.09. The number of benzene rings is 1. The number of fused-ring (bicyclic) bond motifs is 1. The number of thioether (sulfide) groups is 1. The molecule has 1 N–H and O–H groups in total. The average Bonchev–Trinajstić information content (AvgIpc) is 3.47. The van der Waals surface area contributed by atoms with E-state index in [0.717, 1.165) is 23.2 Å². The number of alkyl halides is 1. The number of ether oxygens (including phenoxy) is 1. The molecule has 2 bridgehead atoms. The summed E-state index contributed by atoms with van der Waals surface area (Å²) in [5.41, 5.74) is 2.74. The highest BCUT2D eigenvalue weighted by Crippen LogP contribution is 2.68. The van der Waals surface area contributed by atoms with Crippen molar-refractivity contribution in [3.63, 3.8) is 0 Å². The molecule has 38 heavy (non-hydrogen) atoms. The molecule has 0 aliphatic carbocycles. The zero-order chi connectivity index (χ0) is 27.6. The number of hydrogen-bond donors (Lipinski definition) is 1. The van der Waals surface area contributed by atoms with Crippen LogP contribution in [0, 0.1) is 25.7 Å². The SMILES string of the molecule is C=CCCCOC(=O)[C@H]1[C@H]2C(=O)N(CCCO)C(C(=O)N(CC=C)c3c(C)cccc3C)C23CC(Br)[C@@H]1S3. The topological polar surface area (TPSA) is 87.1 Å². The van der Waals surface area contributed by atoms with E-state index in [2.05, 4.69) is 29.1 Å². The number of aliphatic hydroxyl groups is 1. The summed E-state index contributed by atoms with van der Waals surface area (Å²) in [5.74, 6) is -2.02. The van der Waals surface area contributed by atoms with E-state index >= 15 is 0 Å². The number of likely N-dealkylation sites (tertiary alicyclic amines) is 1. The summed E-state index contributed by atoms with van der Waals surface area (Å²) in [6.45, 7) is 12.3. The van der Waals surface area contributed by atoms with Crippen molar-refractivity contribution in [3.05, 3.63) is 54.6 Å². The predicted octanol–water partition coefficient (Wildman–Crippen LogP) is 4.18. The van der Waals surface area contributed by atoms with E-state index < -0.39 is 22.6 Å². The fourth-order valence-electron chi connectivity index (χ4n) is 6.46. The molecule has 3 unspecified atom stereocenters. The molecule has 3 fully saturated rings. The van der Waals surface area contributed by atoms with Crippen LogP contribution < -0.4 is 4.90 Å². The van der Waals surface area contributed by atoms with Crippen LogP contribution in [0.15, 0.2) is 43.5 Å². The first-order chi connectivity index (χ1) is 18.2. The summed E-state index contributed by atoms with van der Waals surface area (Å²) in [4.78, 5) is 45.3. The molecule has 0 radical (unpaired) electrons. The third-order valence-electron chi connectivity index (χ3n) is 7.94. The van der Waals surface area contributed by atoms with Crippen molar-refractivity contribution < 1.29 is 24.2 Å². The van der Waals surface area contributed by atoms with Gasteiger partial charge in [0.05, 0.1) is 23.2 Å². The number of carbonyl (C=O) groups excluding carboxylic acids is 3. The number of anilines is 1. The summed E-state index contributed by atoms with van der Waals surface area (Å²) in [6, 6.07) is 5.14. The maximum atomic E-state index is 14.6. The molecular formula is C29H37BrN2O5S. The Bertz CT molecular complexity index is 1090. The molecule has 3 aliphatic rings. The molecule has 7 nitrogen and oxygen atoms in total. The maximum Gasteiger partial charge on any atom is 0.310 e. The zero-order valence-electron chi connectivity index (χ0n) is 22.1. The van der Waals surface area contributed by atoms with Crippen molar-refractivity contribution in [2.75, 3.05) is 31.2 Å². The van der Waals surface area contributed by atoms with Crippen LogP contribution in [-0.2, 0) is 19.1 Å². The monoisotopic (exact) mass is 604 g/mol. The number of rotatable bonds is 12. The van der Waals surface area contributed by atoms with Gasteiger partial charge in [0.15, 0.2) is 0 Å². The fourth-order valence-corrected chi connectivity index (χ4v) is 10.1. The van der Waals surface area contributed by atoms with Gasteiger partial charge in [-0.25, -0.2) is 0 Å². The van der Waals surface area contributed by atoms with Gasteiger partial charge in [-0.05, 0) is 50.7 Å². The minimum Gasteiger partial charge on any atom is -0.465 e. The summed E-state index contributed by atoms with van der Waals surface area (Å²) in [5, 5.41) is 9.44. The molecule has 1 aromatic carbocycles. The van der Waals surface area contributed by atoms with E-state index in [-0.39, 0.29) is 47.6 Å². The second-order valence-electron chi connectivity index (χ2n) is 10.3. The minimum absolute atomic E-state index is 0.0246. The van der Waals surface area contributed by atoms with E-state index in [4.69, 9.17) is 4.74 Å². The number of amides is 2. The number of allylic oxidation sites excluding steroid dienone is 1. The zero-order valence-corrected chi connectivity index (χ0v) is 24.5. The van der Waals surface area contributed by atoms with Crippen LogP contribution in [0.4, 0.5) is 5.69 Å². The van der Waals surface area contributed by atoms with Crippen LogP contribution in [0.1, 0.15) is 36.8 Å². The lowest BCUT2D eigenvalue weighted by atomic mass is 9.71. The third-order valence-corrected chi connectivity index (χ3v) is 11.2. The van der Waals surface area contributed by atoms with Crippen LogP contribution in [0.3, 0.4) is 0 Å². The molecule has 1 aromatic rings. The van der Waals surface area contributed by atoms with Gasteiger partial charge in [-0.1, -0.05) is 46.3 Å². The van der Waals surface area contributed by atoms with Crippen molar-refractivity contribution in [2.45, 2.75) is 60.4 Å². The summed E-state index contributed by atoms with van der Waals surface area (Å²) in [7, 11) is 0. The molecule has 4 rings (SSSR count). The summed E-state index contributed by atoms with van der Waals surface area (Å²) < 4.78 is 4.88. The first-order valence-corrected chi connectivity index (χ1v) is 15.0. The van der Waals surface area contributed by atoms with Gasteiger partial charge in [0, 0.05) is 35.5 Å². The molecule has 206 valence electrons. The molecule has 1 spiro atoms. The Kier molecular flexibility index (Phi) is 9.10. The molecule has 3 aliphatic heterocycles. The minimum atomic E-state index is -0.765. The van der Waals surface area contributed by atoms with Crippen molar-refractivity contribution in [2.24, 2.45) is 11.8 Å². The maximum absolute atomic E-state index is 14.6. The molecule has 3 heterocycles. The van der Waals surface area contributed by atoms with Gasteiger partial charge in [-0.15, -0.1) is 24.9 Å². The number of para-hydroxylation sites is 1. The number of aliphatic hydroxyl groups excluding tert-OH is 1. The lowest BCUT2D eigenvalue weighted by Gasteiger charge is -2.38. The van der Waals surface area contributed by atoms with Gasteiger partial charge in [0.1, 0.15) is 6.04 Å². The third kappa shape index (κ3) is 4.86. The Balaban J connectivity index is 1.75. The largest absolute Gasteiger partial charge is 0.465 e. The molecule has 3 saturated heterocycles. The van der Waals surface area contributed by atoms with Crippen LogP contribution in [-0.4, -0.2) is 75.0 Å². The predicted molar refractivity (Wildman–Crippen MR) is 154 cm³/mol. The Morgan fingerprint density at radius 1 is 1.26 bits per heavy atom. The van der Waals surface area contributed by atoms with E-state index in [1.807, 2.05) is 32.0 Å². The fraction of sp³-hybridized carbons (Fsp3) is 0.552. The standard InChI is InChI=1S/C29H37BrN2O5S/c1-5-7-8-16-37-28(36)21-22-26(34)32(14-10-15-33)25(29(22)17-20(30)24(21)38-29)27(35)31(13-6-2)23-18(3)11-9-12-19(23)4/h5-6,9,11-12,20-22,24-25,33H,1-2,7-8,10,13-17H2,3-4H3/t20?,21-,22-,24-,25?,29?/m0/s1. The van der Waals surface area contributed by atoms with Gasteiger partial charge in [-0.3, -0.25) is 14.4 Å². The number of esters is 1. The normalized spacial score (nSPS) is 29.3. The van der Waals surface area contributed by atoms with Gasteiger partial charge in [-0.2, -0.15) is 0 Å². The summed E-state index contributed by atoms with van der Waals surface area (Å²) in [6.07, 6.45) is 5.85. The molecule has 6 atom stereocenters. The first-order valence-electron chi connectivity index (χ1n) is 13.2. The number of nitrogens with zero attached hydrogens (tertiary/aromatic N) is 2. The Morgan fingerprint density at radius 2 is 1.97 bits per heavy atom. The lowest BCUT2D eigenvalue weighted by Crippen LogP contribution is -2.56. The average molecular weight is 606 g/mol. The number of carbonyl (C=O) groups is 3. The smallest absolute Gasteiger partial charge is 0.310 e. The molecule has 0 saturated carbocycles. The van der Waals surface area contributed by atoms with E-state index in [9.17, 15) is 19.5 Å². The molecule has 0 aromatic heterocycles. The molecule has 9 heteroatoms.